The van der Waals surface area contributed by atoms with E-state index in [4.69, 9.17) is 4.74 Å². The summed E-state index contributed by atoms with van der Waals surface area (Å²) in [5.74, 6) is 0.389. The van der Waals surface area contributed by atoms with Crippen LogP contribution < -0.4 is 10.1 Å². The molecule has 4 nitrogen and oxygen atoms in total. The van der Waals surface area contributed by atoms with Gasteiger partial charge in [0.15, 0.2) is 0 Å². The highest BCUT2D eigenvalue weighted by atomic mass is 127. The Hall–Kier alpha value is -1.90. The molecule has 0 heterocycles. The summed E-state index contributed by atoms with van der Waals surface area (Å²) < 4.78 is 8.87. The molecule has 0 fully saturated rings. The molecule has 0 radical (unpaired) electrons. The fraction of sp³-hybridized carbons (Fsp3) is 0.0833. The van der Waals surface area contributed by atoms with E-state index < -0.39 is 5.91 Å². The van der Waals surface area contributed by atoms with Gasteiger partial charge in [0.1, 0.15) is 24.0 Å². The van der Waals surface area contributed by atoms with E-state index in [9.17, 15) is 10.1 Å². The maximum atomic E-state index is 12.4. The number of hydrogen-bond acceptors (Lipinski definition) is 3. The van der Waals surface area contributed by atoms with Crippen molar-refractivity contribution >= 4 is 73.1 Å². The molecule has 1 N–H and O–H groups in total. The zero-order valence-electron chi connectivity index (χ0n) is 16.2. The Morgan fingerprint density at radius 1 is 1.03 bits per heavy atom. The van der Waals surface area contributed by atoms with Crippen LogP contribution in [0.5, 0.6) is 5.75 Å². The van der Waals surface area contributed by atoms with Gasteiger partial charge in [-0.05, 0) is 92.2 Å². The summed E-state index contributed by atoms with van der Waals surface area (Å²) in [4.78, 5) is 12.4. The summed E-state index contributed by atoms with van der Waals surface area (Å²) in [7, 11) is 0. The molecule has 0 aliphatic rings. The van der Waals surface area contributed by atoms with E-state index in [1.54, 1.807) is 6.08 Å². The molecule has 3 aromatic rings. The molecular formula is C24H17BrI2N2O2. The zero-order valence-corrected chi connectivity index (χ0v) is 22.1. The SMILES string of the molecule is N#C/C(=C/c1cc(I)c(OCc2ccc(Br)cc2)c(I)c1)C(=O)NCc1ccccc1. The van der Waals surface area contributed by atoms with Crippen LogP contribution in [0.1, 0.15) is 16.7 Å². The summed E-state index contributed by atoms with van der Waals surface area (Å²) in [6.45, 7) is 0.830. The summed E-state index contributed by atoms with van der Waals surface area (Å²) >= 11 is 7.85. The number of nitrogens with zero attached hydrogens (tertiary/aromatic N) is 1. The second-order valence-electron chi connectivity index (χ2n) is 6.57. The second-order valence-corrected chi connectivity index (χ2v) is 9.81. The van der Waals surface area contributed by atoms with Gasteiger partial charge in [-0.15, -0.1) is 0 Å². The van der Waals surface area contributed by atoms with Crippen LogP contribution in [0.2, 0.25) is 0 Å². The van der Waals surface area contributed by atoms with E-state index in [-0.39, 0.29) is 5.57 Å². The highest BCUT2D eigenvalue weighted by Crippen LogP contribution is 2.30. The molecule has 0 unspecified atom stereocenters. The molecule has 0 aliphatic carbocycles. The third-order valence-corrected chi connectivity index (χ3v) is 6.42. The van der Waals surface area contributed by atoms with Gasteiger partial charge >= 0.3 is 0 Å². The minimum Gasteiger partial charge on any atom is -0.487 e. The van der Waals surface area contributed by atoms with Crippen molar-refractivity contribution in [2.24, 2.45) is 0 Å². The number of carbonyl (C=O) groups excluding carboxylic acids is 1. The van der Waals surface area contributed by atoms with Gasteiger partial charge in [0.25, 0.3) is 5.91 Å². The maximum absolute atomic E-state index is 12.4. The number of nitriles is 1. The second kappa shape index (κ2) is 11.6. The van der Waals surface area contributed by atoms with Gasteiger partial charge in [0, 0.05) is 11.0 Å². The number of rotatable bonds is 7. The monoisotopic (exact) mass is 698 g/mol. The van der Waals surface area contributed by atoms with E-state index >= 15 is 0 Å². The fourth-order valence-corrected chi connectivity index (χ4v) is 5.12. The number of amides is 1. The molecule has 3 aromatic carbocycles. The van der Waals surface area contributed by atoms with E-state index in [0.717, 1.165) is 34.1 Å². The molecule has 0 atom stereocenters. The third-order valence-electron chi connectivity index (χ3n) is 4.29. The van der Waals surface area contributed by atoms with Gasteiger partial charge in [-0.3, -0.25) is 4.79 Å². The molecule has 0 saturated carbocycles. The molecule has 156 valence electrons. The van der Waals surface area contributed by atoms with Crippen LogP contribution >= 0.6 is 61.1 Å². The van der Waals surface area contributed by atoms with Gasteiger partial charge in [-0.2, -0.15) is 5.26 Å². The van der Waals surface area contributed by atoms with Crippen molar-refractivity contribution < 1.29 is 9.53 Å². The number of halogens is 3. The predicted octanol–water partition coefficient (Wildman–Crippen LogP) is 6.46. The molecule has 3 rings (SSSR count). The standard InChI is InChI=1S/C24H17BrI2N2O2/c25-20-8-6-17(7-9-20)15-31-23-21(26)11-18(12-22(23)27)10-19(13-28)24(30)29-14-16-4-2-1-3-5-16/h1-12H,14-15H2,(H,29,30)/b19-10-. The molecule has 7 heteroatoms. The first-order valence-electron chi connectivity index (χ1n) is 9.26. The Bertz CT molecular complexity index is 1120. The number of carbonyl (C=O) groups is 1. The van der Waals surface area contributed by atoms with Crippen molar-refractivity contribution in [3.8, 4) is 11.8 Å². The Morgan fingerprint density at radius 3 is 2.29 bits per heavy atom. The van der Waals surface area contributed by atoms with Gasteiger partial charge in [0.2, 0.25) is 0 Å². The third kappa shape index (κ3) is 7.05. The zero-order chi connectivity index (χ0) is 22.2. The van der Waals surface area contributed by atoms with Crippen molar-refractivity contribution in [1.29, 1.82) is 5.26 Å². The fourth-order valence-electron chi connectivity index (χ4n) is 2.73. The smallest absolute Gasteiger partial charge is 0.262 e. The van der Waals surface area contributed by atoms with Crippen molar-refractivity contribution in [3.63, 3.8) is 0 Å². The summed E-state index contributed by atoms with van der Waals surface area (Å²) in [6, 6.07) is 23.4. The minimum atomic E-state index is -0.396. The molecule has 0 aromatic heterocycles. The number of ether oxygens (including phenoxy) is 1. The first-order chi connectivity index (χ1) is 15.0. The Balaban J connectivity index is 1.71. The Kier molecular flexibility index (Phi) is 8.92. The van der Waals surface area contributed by atoms with Crippen molar-refractivity contribution in [2.45, 2.75) is 13.2 Å². The lowest BCUT2D eigenvalue weighted by Gasteiger charge is -2.12. The minimum absolute atomic E-state index is 0.0612. The molecule has 31 heavy (non-hydrogen) atoms. The normalized spacial score (nSPS) is 11.0. The quantitative estimate of drug-likeness (QED) is 0.175. The Morgan fingerprint density at radius 2 is 1.68 bits per heavy atom. The highest BCUT2D eigenvalue weighted by Gasteiger charge is 2.12. The lowest BCUT2D eigenvalue weighted by Crippen LogP contribution is -2.23. The van der Waals surface area contributed by atoms with Gasteiger partial charge in [-0.1, -0.05) is 58.4 Å². The van der Waals surface area contributed by atoms with E-state index in [0.29, 0.717) is 13.2 Å². The summed E-state index contributed by atoms with van der Waals surface area (Å²) in [5, 5.41) is 12.3. The van der Waals surface area contributed by atoms with Crippen LogP contribution in [0.25, 0.3) is 6.08 Å². The molecular weight excluding hydrogens is 682 g/mol. The lowest BCUT2D eigenvalue weighted by atomic mass is 10.1. The lowest BCUT2D eigenvalue weighted by molar-refractivity contribution is -0.117. The van der Waals surface area contributed by atoms with Crippen LogP contribution in [0.4, 0.5) is 0 Å². The van der Waals surface area contributed by atoms with E-state index in [2.05, 4.69) is 66.4 Å². The van der Waals surface area contributed by atoms with Crippen LogP contribution in [0, 0.1) is 18.5 Å². The topological polar surface area (TPSA) is 62.1 Å². The molecule has 0 spiro atoms. The van der Waals surface area contributed by atoms with Crippen LogP contribution in [-0.2, 0) is 17.9 Å². The largest absolute Gasteiger partial charge is 0.487 e. The first kappa shape index (κ1) is 23.8. The average molecular weight is 699 g/mol. The van der Waals surface area contributed by atoms with Crippen molar-refractivity contribution in [3.05, 3.63) is 101 Å². The Labute approximate surface area is 217 Å². The molecule has 0 bridgehead atoms. The predicted molar refractivity (Wildman–Crippen MR) is 142 cm³/mol. The van der Waals surface area contributed by atoms with E-state index in [1.807, 2.05) is 72.8 Å². The van der Waals surface area contributed by atoms with Crippen LogP contribution in [0.3, 0.4) is 0 Å². The van der Waals surface area contributed by atoms with Gasteiger partial charge < -0.3 is 10.1 Å². The maximum Gasteiger partial charge on any atom is 0.262 e. The van der Waals surface area contributed by atoms with E-state index in [1.165, 1.54) is 0 Å². The molecule has 0 aliphatic heterocycles. The number of hydrogen-bond donors (Lipinski definition) is 1. The summed E-state index contributed by atoms with van der Waals surface area (Å²) in [6.07, 6.45) is 1.60. The van der Waals surface area contributed by atoms with Crippen LogP contribution in [0.15, 0.2) is 76.8 Å². The molecule has 0 saturated heterocycles. The number of nitrogens with one attached hydrogen (secondary N) is 1. The average Bonchev–Trinajstić information content (AvgIpc) is 2.77. The van der Waals surface area contributed by atoms with Gasteiger partial charge in [-0.25, -0.2) is 0 Å². The highest BCUT2D eigenvalue weighted by molar-refractivity contribution is 14.1. The van der Waals surface area contributed by atoms with Crippen molar-refractivity contribution in [2.75, 3.05) is 0 Å². The van der Waals surface area contributed by atoms with Gasteiger partial charge in [0.05, 0.1) is 7.14 Å². The van der Waals surface area contributed by atoms with Crippen LogP contribution in [-0.4, -0.2) is 5.91 Å². The molecule has 1 amide bonds. The first-order valence-corrected chi connectivity index (χ1v) is 12.2. The van der Waals surface area contributed by atoms with Crippen molar-refractivity contribution in [1.82, 2.24) is 5.32 Å². The number of benzene rings is 3. The summed E-state index contributed by atoms with van der Waals surface area (Å²) in [5.41, 5.74) is 2.88.